The average molecular weight is 264 g/mol. The Bertz CT molecular complexity index is 605. The maximum Gasteiger partial charge on any atom is 0.154 e. The molecule has 0 spiro atoms. The number of aromatic nitrogens is 3. The molecule has 1 aromatic heterocycles. The Kier molecular flexibility index (Phi) is 3.02. The van der Waals surface area contributed by atoms with Gasteiger partial charge in [0.15, 0.2) is 11.6 Å². The highest BCUT2D eigenvalue weighted by atomic mass is 19.1. The maximum atomic E-state index is 14.1. The summed E-state index contributed by atoms with van der Waals surface area (Å²) in [6.45, 7) is 2.10. The van der Waals surface area contributed by atoms with Gasteiger partial charge in [0.2, 0.25) is 0 Å². The summed E-state index contributed by atoms with van der Waals surface area (Å²) in [4.78, 5) is 0. The van der Waals surface area contributed by atoms with Crippen LogP contribution in [0.25, 0.3) is 5.69 Å². The third-order valence-corrected chi connectivity index (χ3v) is 3.24. The Morgan fingerprint density at radius 3 is 2.89 bits per heavy atom. The summed E-state index contributed by atoms with van der Waals surface area (Å²) < 4.78 is 29.1. The minimum atomic E-state index is -0.638. The molecule has 6 heteroatoms. The Morgan fingerprint density at radius 1 is 1.37 bits per heavy atom. The summed E-state index contributed by atoms with van der Waals surface area (Å²) in [5, 5.41) is 10.8. The fraction of sp³-hybridized carbons (Fsp3) is 0.385. The van der Waals surface area contributed by atoms with Gasteiger partial charge in [-0.25, -0.2) is 13.5 Å². The van der Waals surface area contributed by atoms with Gasteiger partial charge in [0.25, 0.3) is 0 Å². The van der Waals surface area contributed by atoms with Crippen LogP contribution < -0.4 is 5.32 Å². The summed E-state index contributed by atoms with van der Waals surface area (Å²) in [5.74, 6) is -1.24. The largest absolute Gasteiger partial charge is 0.308 e. The van der Waals surface area contributed by atoms with Crippen LogP contribution >= 0.6 is 0 Å². The Hall–Kier alpha value is -1.82. The lowest BCUT2D eigenvalue weighted by Crippen LogP contribution is -2.19. The summed E-state index contributed by atoms with van der Waals surface area (Å²) >= 11 is 0. The van der Waals surface area contributed by atoms with Crippen molar-refractivity contribution in [1.29, 1.82) is 0 Å². The van der Waals surface area contributed by atoms with Crippen LogP contribution in [0, 0.1) is 18.6 Å². The van der Waals surface area contributed by atoms with Gasteiger partial charge in [-0.2, -0.15) is 0 Å². The molecule has 0 aliphatic heterocycles. The highest BCUT2D eigenvalue weighted by molar-refractivity contribution is 5.39. The molecule has 0 saturated heterocycles. The Labute approximate surface area is 109 Å². The number of hydrogen-bond donors (Lipinski definition) is 1. The van der Waals surface area contributed by atoms with E-state index in [1.165, 1.54) is 23.0 Å². The van der Waals surface area contributed by atoms with Crippen LogP contribution in [-0.4, -0.2) is 21.0 Å². The molecule has 1 N–H and O–H groups in total. The highest BCUT2D eigenvalue weighted by Crippen LogP contribution is 2.22. The van der Waals surface area contributed by atoms with E-state index in [2.05, 4.69) is 15.6 Å². The van der Waals surface area contributed by atoms with E-state index in [0.717, 1.165) is 12.8 Å². The molecule has 0 bridgehead atoms. The van der Waals surface area contributed by atoms with Crippen molar-refractivity contribution < 1.29 is 8.78 Å². The molecule has 1 aliphatic rings. The lowest BCUT2D eigenvalue weighted by molar-refractivity contribution is 0.541. The third kappa shape index (κ3) is 2.35. The van der Waals surface area contributed by atoms with Crippen LogP contribution in [0.15, 0.2) is 18.3 Å². The average Bonchev–Trinajstić information content (AvgIpc) is 3.12. The van der Waals surface area contributed by atoms with Crippen molar-refractivity contribution in [2.24, 2.45) is 0 Å². The van der Waals surface area contributed by atoms with Gasteiger partial charge in [-0.1, -0.05) is 11.3 Å². The van der Waals surface area contributed by atoms with Crippen LogP contribution in [-0.2, 0) is 6.54 Å². The van der Waals surface area contributed by atoms with Gasteiger partial charge < -0.3 is 5.32 Å². The molecule has 1 heterocycles. The van der Waals surface area contributed by atoms with Crippen molar-refractivity contribution in [3.8, 4) is 5.69 Å². The van der Waals surface area contributed by atoms with E-state index < -0.39 is 11.6 Å². The Balaban J connectivity index is 1.97. The molecule has 4 nitrogen and oxygen atoms in total. The van der Waals surface area contributed by atoms with Crippen LogP contribution in [0.3, 0.4) is 0 Å². The van der Waals surface area contributed by atoms with Crippen LogP contribution in [0.1, 0.15) is 24.1 Å². The van der Waals surface area contributed by atoms with Gasteiger partial charge in [-0.3, -0.25) is 0 Å². The van der Waals surface area contributed by atoms with E-state index in [1.807, 2.05) is 0 Å². The number of rotatable bonds is 4. The van der Waals surface area contributed by atoms with Crippen LogP contribution in [0.2, 0.25) is 0 Å². The smallest absolute Gasteiger partial charge is 0.154 e. The van der Waals surface area contributed by atoms with Crippen molar-refractivity contribution in [3.63, 3.8) is 0 Å². The highest BCUT2D eigenvalue weighted by Gasteiger charge is 2.22. The molecule has 1 aliphatic carbocycles. The second-order valence-electron chi connectivity index (χ2n) is 4.82. The van der Waals surface area contributed by atoms with Gasteiger partial charge in [-0.05, 0) is 31.4 Å². The molecule has 1 aromatic carbocycles. The number of halogens is 2. The van der Waals surface area contributed by atoms with Crippen molar-refractivity contribution in [1.82, 2.24) is 20.3 Å². The second-order valence-corrected chi connectivity index (χ2v) is 4.82. The number of nitrogens with one attached hydrogen (secondary N) is 1. The van der Waals surface area contributed by atoms with Gasteiger partial charge in [-0.15, -0.1) is 5.10 Å². The summed E-state index contributed by atoms with van der Waals surface area (Å²) in [6, 6.07) is 3.16. The van der Waals surface area contributed by atoms with Gasteiger partial charge in [0.1, 0.15) is 5.69 Å². The van der Waals surface area contributed by atoms with Crippen LogP contribution in [0.5, 0.6) is 0 Å². The van der Waals surface area contributed by atoms with E-state index in [-0.39, 0.29) is 5.69 Å². The first-order valence-corrected chi connectivity index (χ1v) is 6.25. The minimum absolute atomic E-state index is 0.162. The zero-order valence-corrected chi connectivity index (χ0v) is 10.5. The molecule has 3 rings (SSSR count). The topological polar surface area (TPSA) is 42.7 Å². The molecule has 2 aromatic rings. The van der Waals surface area contributed by atoms with Crippen molar-refractivity contribution in [3.05, 3.63) is 41.2 Å². The summed E-state index contributed by atoms with van der Waals surface area (Å²) in [6.07, 6.45) is 3.82. The number of hydrogen-bond acceptors (Lipinski definition) is 3. The molecule has 1 saturated carbocycles. The monoisotopic (exact) mass is 264 g/mol. The Morgan fingerprint density at radius 2 is 2.16 bits per heavy atom. The molecular formula is C13H14F2N4. The van der Waals surface area contributed by atoms with Crippen molar-refractivity contribution in [2.75, 3.05) is 0 Å². The standard InChI is InChI=1S/C13H14F2N4/c1-8-2-5-11(14)13(12(8)15)19-10(7-17-18-19)6-16-9-3-4-9/h2,5,7,9,16H,3-4,6H2,1H3. The lowest BCUT2D eigenvalue weighted by atomic mass is 10.2. The third-order valence-electron chi connectivity index (χ3n) is 3.24. The fourth-order valence-corrected chi connectivity index (χ4v) is 1.94. The number of nitrogens with zero attached hydrogens (tertiary/aromatic N) is 3. The van der Waals surface area contributed by atoms with Crippen molar-refractivity contribution in [2.45, 2.75) is 32.4 Å². The van der Waals surface area contributed by atoms with E-state index in [4.69, 9.17) is 0 Å². The molecule has 0 radical (unpaired) electrons. The molecule has 100 valence electrons. The second kappa shape index (κ2) is 4.70. The zero-order valence-electron chi connectivity index (χ0n) is 10.5. The first-order chi connectivity index (χ1) is 9.16. The zero-order chi connectivity index (χ0) is 13.4. The predicted octanol–water partition coefficient (Wildman–Crippen LogP) is 2.11. The van der Waals surface area contributed by atoms with Crippen molar-refractivity contribution >= 4 is 0 Å². The maximum absolute atomic E-state index is 14.1. The van der Waals surface area contributed by atoms with Gasteiger partial charge in [0.05, 0.1) is 11.9 Å². The quantitative estimate of drug-likeness (QED) is 0.919. The van der Waals surface area contributed by atoms with Crippen LogP contribution in [0.4, 0.5) is 8.78 Å². The fourth-order valence-electron chi connectivity index (χ4n) is 1.94. The van der Waals surface area contributed by atoms with Gasteiger partial charge in [0, 0.05) is 12.6 Å². The van der Waals surface area contributed by atoms with E-state index >= 15 is 0 Å². The minimum Gasteiger partial charge on any atom is -0.308 e. The molecule has 0 unspecified atom stereocenters. The normalized spacial score (nSPS) is 14.9. The molecule has 0 amide bonds. The van der Waals surface area contributed by atoms with Gasteiger partial charge >= 0.3 is 0 Å². The predicted molar refractivity (Wildman–Crippen MR) is 65.9 cm³/mol. The van der Waals surface area contributed by atoms with E-state index in [1.54, 1.807) is 6.92 Å². The van der Waals surface area contributed by atoms with E-state index in [0.29, 0.717) is 23.8 Å². The SMILES string of the molecule is Cc1ccc(F)c(-n2nncc2CNC2CC2)c1F. The molecule has 19 heavy (non-hydrogen) atoms. The molecular weight excluding hydrogens is 250 g/mol. The first-order valence-electron chi connectivity index (χ1n) is 6.25. The molecule has 0 atom stereocenters. The number of benzene rings is 1. The summed E-state index contributed by atoms with van der Waals surface area (Å²) in [5.41, 5.74) is 0.869. The first kappa shape index (κ1) is 12.2. The summed E-state index contributed by atoms with van der Waals surface area (Å²) in [7, 11) is 0. The lowest BCUT2D eigenvalue weighted by Gasteiger charge is -2.10. The van der Waals surface area contributed by atoms with E-state index in [9.17, 15) is 8.78 Å². The number of aryl methyl sites for hydroxylation is 1. The molecule has 1 fully saturated rings.